The molecule has 0 radical (unpaired) electrons. The number of fused-ring (bicyclic) bond motifs is 2. The van der Waals surface area contributed by atoms with Crippen molar-refractivity contribution in [1.82, 2.24) is 24.8 Å². The molecule has 33 heavy (non-hydrogen) atoms. The van der Waals surface area contributed by atoms with Gasteiger partial charge in [-0.3, -0.25) is 4.79 Å². The van der Waals surface area contributed by atoms with E-state index in [1.54, 1.807) is 23.0 Å². The van der Waals surface area contributed by atoms with Gasteiger partial charge in [0.05, 0.1) is 11.8 Å². The Labute approximate surface area is 196 Å². The van der Waals surface area contributed by atoms with Crippen molar-refractivity contribution in [2.24, 2.45) is 0 Å². The molecule has 1 atom stereocenters. The molecule has 4 aromatic rings. The van der Waals surface area contributed by atoms with E-state index >= 15 is 0 Å². The molecule has 0 aliphatic carbocycles. The van der Waals surface area contributed by atoms with Crippen LogP contribution in [0.3, 0.4) is 0 Å². The molecule has 1 saturated heterocycles. The predicted octanol–water partition coefficient (Wildman–Crippen LogP) is 3.79. The van der Waals surface area contributed by atoms with Gasteiger partial charge in [0.15, 0.2) is 5.82 Å². The van der Waals surface area contributed by atoms with Gasteiger partial charge in [0.1, 0.15) is 23.3 Å². The van der Waals surface area contributed by atoms with E-state index in [1.807, 2.05) is 31.1 Å². The molecule has 8 nitrogen and oxygen atoms in total. The lowest BCUT2D eigenvalue weighted by Crippen LogP contribution is -2.47. The second-order valence-electron chi connectivity index (χ2n) is 8.44. The molecule has 1 amide bonds. The number of methoxy groups -OCH3 is 1. The maximum atomic E-state index is 13.6. The molecule has 5 rings (SSSR count). The summed E-state index contributed by atoms with van der Waals surface area (Å²) in [6.45, 7) is 3.51. The van der Waals surface area contributed by atoms with Crippen LogP contribution in [0.25, 0.3) is 26.0 Å². The topological polar surface area (TPSA) is 83.8 Å². The van der Waals surface area contributed by atoms with Gasteiger partial charge in [-0.05, 0) is 56.0 Å². The zero-order valence-corrected chi connectivity index (χ0v) is 20.1. The second kappa shape index (κ2) is 8.64. The van der Waals surface area contributed by atoms with Crippen LogP contribution < -0.4 is 15.4 Å². The zero-order valence-electron chi connectivity index (χ0n) is 19.3. The van der Waals surface area contributed by atoms with Crippen molar-refractivity contribution in [3.63, 3.8) is 0 Å². The van der Waals surface area contributed by atoms with Gasteiger partial charge in [-0.2, -0.15) is 5.10 Å². The Bertz CT molecular complexity index is 1340. The Balaban J connectivity index is 1.67. The van der Waals surface area contributed by atoms with E-state index in [0.717, 1.165) is 56.7 Å². The number of likely N-dealkylation sites (tertiary alicyclic amines) is 1. The molecule has 1 aliphatic rings. The number of aryl methyl sites for hydroxylation is 1. The van der Waals surface area contributed by atoms with Crippen molar-refractivity contribution in [2.75, 3.05) is 39.6 Å². The van der Waals surface area contributed by atoms with Gasteiger partial charge < -0.3 is 20.3 Å². The van der Waals surface area contributed by atoms with Crippen LogP contribution in [0.15, 0.2) is 30.6 Å². The standard InChI is InChI=1S/C24H28N6O2S/c1-14-8-15-10-20(33-22(15)19(9-14)32-4)17-11-18(30-21(17)23(26-3)27-13-28-30)24(31)29-7-5-6-16(12-29)25-2/h8-11,13,16,25H,5-7,12H2,1-4H3,(H,26,27,28). The minimum Gasteiger partial charge on any atom is -0.495 e. The van der Waals surface area contributed by atoms with E-state index in [4.69, 9.17) is 4.74 Å². The summed E-state index contributed by atoms with van der Waals surface area (Å²) in [4.78, 5) is 21.0. The molecule has 4 heterocycles. The number of thiophene rings is 1. The lowest BCUT2D eigenvalue weighted by Gasteiger charge is -2.32. The van der Waals surface area contributed by atoms with Crippen LogP contribution in [0.4, 0.5) is 5.82 Å². The monoisotopic (exact) mass is 464 g/mol. The summed E-state index contributed by atoms with van der Waals surface area (Å²) >= 11 is 1.65. The SMILES string of the molecule is CNc1ncnn2c(C(=O)N3CCCC(NC)C3)cc(-c3cc4cc(C)cc(OC)c4s3)c12. The molecule has 9 heteroatoms. The molecule has 2 N–H and O–H groups in total. The first-order valence-corrected chi connectivity index (χ1v) is 11.9. The Morgan fingerprint density at radius 2 is 2.09 bits per heavy atom. The Morgan fingerprint density at radius 1 is 1.24 bits per heavy atom. The van der Waals surface area contributed by atoms with Crippen LogP contribution in [-0.2, 0) is 0 Å². The van der Waals surface area contributed by atoms with Crippen LogP contribution in [0.5, 0.6) is 5.75 Å². The average Bonchev–Trinajstić information content (AvgIpc) is 3.44. The fourth-order valence-corrected chi connectivity index (χ4v) is 5.83. The molecule has 1 unspecified atom stereocenters. The first-order chi connectivity index (χ1) is 16.0. The lowest BCUT2D eigenvalue weighted by atomic mass is 10.1. The minimum absolute atomic E-state index is 0.00788. The molecule has 0 saturated carbocycles. The van der Waals surface area contributed by atoms with Crippen molar-refractivity contribution in [2.45, 2.75) is 25.8 Å². The summed E-state index contributed by atoms with van der Waals surface area (Å²) < 4.78 is 8.45. The molecule has 0 spiro atoms. The highest BCUT2D eigenvalue weighted by Crippen LogP contribution is 2.42. The normalized spacial score (nSPS) is 16.5. The number of ether oxygens (including phenoxy) is 1. The van der Waals surface area contributed by atoms with Crippen molar-refractivity contribution < 1.29 is 9.53 Å². The maximum absolute atomic E-state index is 13.6. The lowest BCUT2D eigenvalue weighted by molar-refractivity contribution is 0.0690. The number of hydrogen-bond acceptors (Lipinski definition) is 7. The number of rotatable bonds is 5. The fraction of sp³-hybridized carbons (Fsp3) is 0.375. The number of nitrogens with one attached hydrogen (secondary N) is 2. The van der Waals surface area contributed by atoms with E-state index in [0.29, 0.717) is 24.1 Å². The molecule has 172 valence electrons. The molecule has 1 aromatic carbocycles. The van der Waals surface area contributed by atoms with Crippen LogP contribution in [0.2, 0.25) is 0 Å². The Morgan fingerprint density at radius 3 is 2.85 bits per heavy atom. The highest BCUT2D eigenvalue weighted by atomic mass is 32.1. The quantitative estimate of drug-likeness (QED) is 0.468. The number of anilines is 1. The van der Waals surface area contributed by atoms with E-state index in [2.05, 4.69) is 39.8 Å². The third-order valence-electron chi connectivity index (χ3n) is 6.34. The van der Waals surface area contributed by atoms with Crippen molar-refractivity contribution in [3.05, 3.63) is 41.9 Å². The van der Waals surface area contributed by atoms with Gasteiger partial charge in [0.25, 0.3) is 5.91 Å². The van der Waals surface area contributed by atoms with Crippen LogP contribution >= 0.6 is 11.3 Å². The van der Waals surface area contributed by atoms with Crippen LogP contribution in [-0.4, -0.2) is 65.7 Å². The summed E-state index contributed by atoms with van der Waals surface area (Å²) in [6, 6.07) is 8.63. The predicted molar refractivity (Wildman–Crippen MR) is 133 cm³/mol. The van der Waals surface area contributed by atoms with Gasteiger partial charge >= 0.3 is 0 Å². The molecular weight excluding hydrogens is 436 g/mol. The highest BCUT2D eigenvalue weighted by Gasteiger charge is 2.28. The number of hydrogen-bond donors (Lipinski definition) is 2. The summed E-state index contributed by atoms with van der Waals surface area (Å²) in [6.07, 6.45) is 3.55. The molecule has 0 bridgehead atoms. The highest BCUT2D eigenvalue weighted by molar-refractivity contribution is 7.22. The second-order valence-corrected chi connectivity index (χ2v) is 9.49. The van der Waals surface area contributed by atoms with Crippen molar-refractivity contribution >= 4 is 38.7 Å². The molecule has 1 aliphatic heterocycles. The molecule has 3 aromatic heterocycles. The van der Waals surface area contributed by atoms with Crippen LogP contribution in [0, 0.1) is 6.92 Å². The minimum atomic E-state index is -0.00788. The largest absolute Gasteiger partial charge is 0.495 e. The van der Waals surface area contributed by atoms with E-state index in [-0.39, 0.29) is 5.91 Å². The van der Waals surface area contributed by atoms with Gasteiger partial charge in [-0.1, -0.05) is 6.07 Å². The van der Waals surface area contributed by atoms with Gasteiger partial charge in [-0.25, -0.2) is 9.50 Å². The van der Waals surface area contributed by atoms with E-state index < -0.39 is 0 Å². The number of piperidine rings is 1. The van der Waals surface area contributed by atoms with Gasteiger partial charge in [0.2, 0.25) is 0 Å². The average molecular weight is 465 g/mol. The number of likely N-dealkylation sites (N-methyl/N-ethyl adjacent to an activating group) is 1. The Kier molecular flexibility index (Phi) is 5.67. The summed E-state index contributed by atoms with van der Waals surface area (Å²) in [5.74, 6) is 1.54. The number of benzene rings is 1. The Hall–Kier alpha value is -3.17. The third-order valence-corrected chi connectivity index (χ3v) is 7.54. The van der Waals surface area contributed by atoms with Gasteiger partial charge in [-0.15, -0.1) is 11.3 Å². The summed E-state index contributed by atoms with van der Waals surface area (Å²) in [5, 5.41) is 12.1. The fourth-order valence-electron chi connectivity index (χ4n) is 4.68. The first kappa shape index (κ1) is 21.7. The van der Waals surface area contributed by atoms with Crippen molar-refractivity contribution in [3.8, 4) is 16.2 Å². The van der Waals surface area contributed by atoms with Crippen LogP contribution in [0.1, 0.15) is 28.9 Å². The molecular formula is C24H28N6O2S. The van der Waals surface area contributed by atoms with Gasteiger partial charge in [0, 0.05) is 36.6 Å². The number of nitrogens with zero attached hydrogens (tertiary/aromatic N) is 4. The summed E-state index contributed by atoms with van der Waals surface area (Å²) in [5.41, 5.74) is 3.43. The maximum Gasteiger partial charge on any atom is 0.272 e. The van der Waals surface area contributed by atoms with E-state index in [9.17, 15) is 4.79 Å². The number of carbonyl (C=O) groups is 1. The molecule has 1 fully saturated rings. The number of amides is 1. The van der Waals surface area contributed by atoms with E-state index in [1.165, 1.54) is 6.33 Å². The smallest absolute Gasteiger partial charge is 0.272 e. The number of aromatic nitrogens is 3. The number of carbonyl (C=O) groups excluding carboxylic acids is 1. The first-order valence-electron chi connectivity index (χ1n) is 11.1. The third kappa shape index (κ3) is 3.71. The summed E-state index contributed by atoms with van der Waals surface area (Å²) in [7, 11) is 5.48. The zero-order chi connectivity index (χ0) is 23.1. The van der Waals surface area contributed by atoms with Crippen molar-refractivity contribution in [1.29, 1.82) is 0 Å².